The van der Waals surface area contributed by atoms with Gasteiger partial charge in [0.15, 0.2) is 6.19 Å². The van der Waals surface area contributed by atoms with E-state index in [0.29, 0.717) is 25.9 Å². The van der Waals surface area contributed by atoms with Gasteiger partial charge in [-0.2, -0.15) is 5.26 Å². The molecule has 1 fully saturated rings. The number of benzene rings is 1. The van der Waals surface area contributed by atoms with Gasteiger partial charge in [0.05, 0.1) is 25.2 Å². The number of fused-ring (bicyclic) bond motifs is 4. The van der Waals surface area contributed by atoms with E-state index in [1.165, 1.54) is 7.11 Å². The normalized spacial score (nSPS) is 29.5. The average Bonchev–Trinajstić information content (AvgIpc) is 3.14. The number of nitrogens with one attached hydrogen (secondary N) is 1. The molecule has 1 aromatic heterocycles. The highest BCUT2D eigenvalue weighted by Gasteiger charge is 2.45. The third kappa shape index (κ3) is 3.66. The van der Waals surface area contributed by atoms with Gasteiger partial charge in [0, 0.05) is 36.8 Å². The second-order valence-electron chi connectivity index (χ2n) is 8.44. The Morgan fingerprint density at radius 2 is 2.10 bits per heavy atom. The summed E-state index contributed by atoms with van der Waals surface area (Å²) in [7, 11) is 3.05. The van der Waals surface area contributed by atoms with Gasteiger partial charge < -0.3 is 24.5 Å². The van der Waals surface area contributed by atoms with E-state index < -0.39 is 12.0 Å². The van der Waals surface area contributed by atoms with Crippen LogP contribution in [0.25, 0.3) is 10.9 Å². The van der Waals surface area contributed by atoms with Crippen molar-refractivity contribution < 1.29 is 19.4 Å². The smallest absolute Gasteiger partial charge is 0.311 e. The molecule has 7 heteroatoms. The number of para-hydroxylation sites is 1. The third-order valence-corrected chi connectivity index (χ3v) is 6.96. The molecule has 0 bridgehead atoms. The van der Waals surface area contributed by atoms with Crippen molar-refractivity contribution in [1.82, 2.24) is 9.88 Å². The van der Waals surface area contributed by atoms with E-state index in [4.69, 9.17) is 9.47 Å². The molecule has 2 heterocycles. The first-order valence-corrected chi connectivity index (χ1v) is 10.6. The number of nitriles is 1. The SMILES string of the molecule is COC(=O)[C@@H]1[C@H]2C[C@H](OC)c3[nH]c4ccccc4c3CCN(C#N)C[C@@H]2CC[C@@H]1O. The zero-order valence-corrected chi connectivity index (χ0v) is 17.5. The minimum absolute atomic E-state index is 0.112. The number of H-pyrrole nitrogens is 1. The standard InChI is InChI=1S/C23H29N3O4/c1-29-20-11-17-14(7-8-19(27)21(17)23(28)30-2)12-26(13-24)10-9-16-15-5-3-4-6-18(15)25-22(16)20/h3-6,14,17,19-21,25,27H,7-12H2,1-2H3/t14-,17-,19-,20-,21+/m0/s1. The lowest BCUT2D eigenvalue weighted by atomic mass is 9.67. The Bertz CT molecular complexity index is 950. The summed E-state index contributed by atoms with van der Waals surface area (Å²) in [5.74, 6) is -1.02. The number of hydrogen-bond donors (Lipinski definition) is 2. The molecule has 0 amide bonds. The minimum Gasteiger partial charge on any atom is -0.469 e. The second kappa shape index (κ2) is 8.66. The molecule has 2 aromatic rings. The van der Waals surface area contributed by atoms with Crippen LogP contribution in [0.1, 0.15) is 36.6 Å². The van der Waals surface area contributed by atoms with Crippen molar-refractivity contribution in [3.05, 3.63) is 35.5 Å². The van der Waals surface area contributed by atoms with Crippen molar-refractivity contribution in [3.8, 4) is 6.19 Å². The first-order chi connectivity index (χ1) is 14.6. The fourth-order valence-electron chi connectivity index (χ4n) is 5.45. The van der Waals surface area contributed by atoms with Crippen molar-refractivity contribution in [1.29, 1.82) is 5.26 Å². The molecule has 7 nitrogen and oxygen atoms in total. The van der Waals surface area contributed by atoms with Crippen LogP contribution in [0.5, 0.6) is 0 Å². The quantitative estimate of drug-likeness (QED) is 0.582. The summed E-state index contributed by atoms with van der Waals surface area (Å²) in [5.41, 5.74) is 3.19. The van der Waals surface area contributed by atoms with Gasteiger partial charge in [-0.15, -0.1) is 0 Å². The average molecular weight is 412 g/mol. The zero-order chi connectivity index (χ0) is 21.3. The maximum absolute atomic E-state index is 12.6. The Morgan fingerprint density at radius 1 is 1.30 bits per heavy atom. The lowest BCUT2D eigenvalue weighted by Crippen LogP contribution is -2.47. The molecule has 0 spiro atoms. The number of esters is 1. The molecule has 0 saturated heterocycles. The molecule has 0 radical (unpaired) electrons. The molecule has 1 saturated carbocycles. The number of nitrogens with zero attached hydrogens (tertiary/aromatic N) is 2. The number of aromatic amines is 1. The molecule has 4 rings (SSSR count). The van der Waals surface area contributed by atoms with E-state index in [-0.39, 0.29) is 23.9 Å². The highest BCUT2D eigenvalue weighted by molar-refractivity contribution is 5.84. The molecule has 2 N–H and O–H groups in total. The molecule has 160 valence electrons. The van der Waals surface area contributed by atoms with Gasteiger partial charge in [0.1, 0.15) is 0 Å². The van der Waals surface area contributed by atoms with Crippen LogP contribution in [0.15, 0.2) is 24.3 Å². The number of ether oxygens (including phenoxy) is 2. The number of carbonyl (C=O) groups excluding carboxylic acids is 1. The van der Waals surface area contributed by atoms with Gasteiger partial charge in [-0.25, -0.2) is 0 Å². The minimum atomic E-state index is -0.739. The van der Waals surface area contributed by atoms with Crippen LogP contribution >= 0.6 is 0 Å². The summed E-state index contributed by atoms with van der Waals surface area (Å²) in [6.45, 7) is 1.19. The molecule has 1 aliphatic carbocycles. The van der Waals surface area contributed by atoms with E-state index in [1.54, 1.807) is 12.0 Å². The molecule has 1 aliphatic heterocycles. The van der Waals surface area contributed by atoms with Crippen LogP contribution in [-0.2, 0) is 20.7 Å². The zero-order valence-electron chi connectivity index (χ0n) is 17.5. The molecule has 5 atom stereocenters. The number of aromatic nitrogens is 1. The Kier molecular flexibility index (Phi) is 5.98. The van der Waals surface area contributed by atoms with Crippen molar-refractivity contribution in [2.24, 2.45) is 17.8 Å². The maximum Gasteiger partial charge on any atom is 0.311 e. The highest BCUT2D eigenvalue weighted by Crippen LogP contribution is 2.44. The number of aliphatic hydroxyl groups excluding tert-OH is 1. The van der Waals surface area contributed by atoms with E-state index in [2.05, 4.69) is 17.2 Å². The molecular weight excluding hydrogens is 382 g/mol. The number of methoxy groups -OCH3 is 2. The second-order valence-corrected chi connectivity index (χ2v) is 8.44. The monoisotopic (exact) mass is 411 g/mol. The van der Waals surface area contributed by atoms with Crippen molar-refractivity contribution in [3.63, 3.8) is 0 Å². The van der Waals surface area contributed by atoms with Crippen LogP contribution in [-0.4, -0.2) is 54.4 Å². The van der Waals surface area contributed by atoms with Crippen LogP contribution in [0.3, 0.4) is 0 Å². The molecule has 0 unspecified atom stereocenters. The van der Waals surface area contributed by atoms with Gasteiger partial charge in [0.2, 0.25) is 0 Å². The fourth-order valence-corrected chi connectivity index (χ4v) is 5.45. The van der Waals surface area contributed by atoms with Gasteiger partial charge >= 0.3 is 5.97 Å². The Hall–Kier alpha value is -2.56. The maximum atomic E-state index is 12.6. The van der Waals surface area contributed by atoms with Gasteiger partial charge in [0.25, 0.3) is 0 Å². The summed E-state index contributed by atoms with van der Waals surface area (Å²) < 4.78 is 11.0. The largest absolute Gasteiger partial charge is 0.469 e. The molecule has 30 heavy (non-hydrogen) atoms. The Balaban J connectivity index is 1.80. The summed E-state index contributed by atoms with van der Waals surface area (Å²) in [4.78, 5) is 17.9. The number of aliphatic hydroxyl groups is 1. The van der Waals surface area contributed by atoms with E-state index >= 15 is 0 Å². The van der Waals surface area contributed by atoms with Crippen molar-refractivity contribution in [2.45, 2.75) is 37.9 Å². The van der Waals surface area contributed by atoms with E-state index in [1.807, 2.05) is 18.2 Å². The highest BCUT2D eigenvalue weighted by atomic mass is 16.5. The molecule has 1 aromatic carbocycles. The summed E-state index contributed by atoms with van der Waals surface area (Å²) >= 11 is 0. The van der Waals surface area contributed by atoms with Gasteiger partial charge in [-0.3, -0.25) is 4.79 Å². The van der Waals surface area contributed by atoms with E-state index in [0.717, 1.165) is 35.0 Å². The van der Waals surface area contributed by atoms with Crippen LogP contribution in [0, 0.1) is 29.2 Å². The number of carbonyl (C=O) groups is 1. The Labute approximate surface area is 176 Å². The summed E-state index contributed by atoms with van der Waals surface area (Å²) in [5, 5.41) is 21.5. The van der Waals surface area contributed by atoms with Crippen LogP contribution in [0.4, 0.5) is 0 Å². The Morgan fingerprint density at radius 3 is 2.83 bits per heavy atom. The molecule has 2 aliphatic rings. The van der Waals surface area contributed by atoms with Gasteiger partial charge in [-0.05, 0) is 49.1 Å². The first kappa shape index (κ1) is 20.7. The van der Waals surface area contributed by atoms with E-state index in [9.17, 15) is 15.2 Å². The third-order valence-electron chi connectivity index (χ3n) is 6.96. The number of hydrogen-bond acceptors (Lipinski definition) is 6. The predicted octanol–water partition coefficient (Wildman–Crippen LogP) is 2.76. The van der Waals surface area contributed by atoms with Gasteiger partial charge in [-0.1, -0.05) is 18.2 Å². The van der Waals surface area contributed by atoms with Crippen LogP contribution in [0.2, 0.25) is 0 Å². The fraction of sp³-hybridized carbons (Fsp3) is 0.565. The van der Waals surface area contributed by atoms with Crippen molar-refractivity contribution >= 4 is 16.9 Å². The van der Waals surface area contributed by atoms with Crippen LogP contribution < -0.4 is 0 Å². The predicted molar refractivity (Wildman–Crippen MR) is 111 cm³/mol. The molecular formula is C23H29N3O4. The van der Waals surface area contributed by atoms with Crippen molar-refractivity contribution in [2.75, 3.05) is 27.3 Å². The lowest BCUT2D eigenvalue weighted by Gasteiger charge is -2.42. The number of rotatable bonds is 2. The lowest BCUT2D eigenvalue weighted by molar-refractivity contribution is -0.158. The summed E-state index contributed by atoms with van der Waals surface area (Å²) in [6, 6.07) is 8.14. The topological polar surface area (TPSA) is 98.6 Å². The summed E-state index contributed by atoms with van der Waals surface area (Å²) in [6.07, 6.45) is 3.99. The first-order valence-electron chi connectivity index (χ1n) is 10.6.